The van der Waals surface area contributed by atoms with Gasteiger partial charge in [0.15, 0.2) is 0 Å². The lowest BCUT2D eigenvalue weighted by atomic mass is 10.1. The molecule has 0 saturated carbocycles. The van der Waals surface area contributed by atoms with Crippen molar-refractivity contribution in [3.8, 4) is 0 Å². The minimum atomic E-state index is -0.115. The molecule has 1 amide bonds. The van der Waals surface area contributed by atoms with E-state index in [9.17, 15) is 4.79 Å². The summed E-state index contributed by atoms with van der Waals surface area (Å²) in [7, 11) is 3.59. The standard InChI is InChI=1S/C15H20N4O/c1-10(15(20)17-2)9-19(3)14-11-6-4-5-7-13(11)18-8-12(14)16/h4-8,10H,9,16H2,1-3H3,(H,17,20). The van der Waals surface area contributed by atoms with Crippen LogP contribution < -0.4 is 16.0 Å². The van der Waals surface area contributed by atoms with E-state index in [4.69, 9.17) is 5.73 Å². The van der Waals surface area contributed by atoms with E-state index in [1.807, 2.05) is 43.1 Å². The van der Waals surface area contributed by atoms with E-state index in [1.54, 1.807) is 13.2 Å². The first-order chi connectivity index (χ1) is 9.54. The predicted molar refractivity (Wildman–Crippen MR) is 82.7 cm³/mol. The van der Waals surface area contributed by atoms with Crippen LogP contribution in [-0.2, 0) is 4.79 Å². The highest BCUT2D eigenvalue weighted by Crippen LogP contribution is 2.30. The van der Waals surface area contributed by atoms with E-state index < -0.39 is 0 Å². The molecule has 0 radical (unpaired) electrons. The van der Waals surface area contributed by atoms with Crippen molar-refractivity contribution < 1.29 is 4.79 Å². The number of aromatic nitrogens is 1. The van der Waals surface area contributed by atoms with E-state index in [1.165, 1.54) is 0 Å². The van der Waals surface area contributed by atoms with Gasteiger partial charge in [-0.2, -0.15) is 0 Å². The number of nitrogens with zero attached hydrogens (tertiary/aromatic N) is 2. The summed E-state index contributed by atoms with van der Waals surface area (Å²) in [5, 5.41) is 3.66. The van der Waals surface area contributed by atoms with Crippen molar-refractivity contribution >= 4 is 28.2 Å². The number of fused-ring (bicyclic) bond motifs is 1. The van der Waals surface area contributed by atoms with Gasteiger partial charge in [0.05, 0.1) is 29.0 Å². The number of anilines is 2. The minimum Gasteiger partial charge on any atom is -0.396 e. The number of benzene rings is 1. The largest absolute Gasteiger partial charge is 0.396 e. The SMILES string of the molecule is CNC(=O)C(C)CN(C)c1c(N)cnc2ccccc12. The van der Waals surface area contributed by atoms with Gasteiger partial charge in [-0.3, -0.25) is 9.78 Å². The van der Waals surface area contributed by atoms with E-state index in [-0.39, 0.29) is 11.8 Å². The van der Waals surface area contributed by atoms with E-state index in [0.717, 1.165) is 16.6 Å². The molecule has 1 atom stereocenters. The van der Waals surface area contributed by atoms with Gasteiger partial charge in [-0.1, -0.05) is 25.1 Å². The van der Waals surface area contributed by atoms with Gasteiger partial charge in [-0.25, -0.2) is 0 Å². The molecule has 2 rings (SSSR count). The van der Waals surface area contributed by atoms with Crippen molar-refractivity contribution in [1.29, 1.82) is 0 Å². The molecule has 5 heteroatoms. The van der Waals surface area contributed by atoms with Crippen LogP contribution in [0.2, 0.25) is 0 Å². The van der Waals surface area contributed by atoms with Crippen LogP contribution in [0, 0.1) is 5.92 Å². The number of nitrogens with two attached hydrogens (primary N) is 1. The maximum atomic E-state index is 11.6. The van der Waals surface area contributed by atoms with Crippen LogP contribution in [0.5, 0.6) is 0 Å². The van der Waals surface area contributed by atoms with E-state index >= 15 is 0 Å². The van der Waals surface area contributed by atoms with E-state index in [0.29, 0.717) is 12.2 Å². The lowest BCUT2D eigenvalue weighted by molar-refractivity contribution is -0.123. The molecule has 2 aromatic rings. The Kier molecular flexibility index (Phi) is 4.08. The van der Waals surface area contributed by atoms with Crippen LogP contribution in [-0.4, -0.2) is 31.5 Å². The van der Waals surface area contributed by atoms with Crippen molar-refractivity contribution in [2.75, 3.05) is 31.3 Å². The predicted octanol–water partition coefficient (Wildman–Crippen LogP) is 1.64. The topological polar surface area (TPSA) is 71.2 Å². The molecule has 5 nitrogen and oxygen atoms in total. The summed E-state index contributed by atoms with van der Waals surface area (Å²) in [4.78, 5) is 18.0. The lowest BCUT2D eigenvalue weighted by Gasteiger charge is -2.25. The molecule has 0 saturated heterocycles. The zero-order valence-corrected chi connectivity index (χ0v) is 12.1. The third kappa shape index (κ3) is 2.66. The summed E-state index contributed by atoms with van der Waals surface area (Å²) in [6, 6.07) is 7.86. The van der Waals surface area contributed by atoms with Gasteiger partial charge in [0.2, 0.25) is 5.91 Å². The fraction of sp³-hybridized carbons (Fsp3) is 0.333. The summed E-state index contributed by atoms with van der Waals surface area (Å²) >= 11 is 0. The zero-order chi connectivity index (χ0) is 14.7. The van der Waals surface area contributed by atoms with Crippen molar-refractivity contribution in [2.45, 2.75) is 6.92 Å². The number of nitrogen functional groups attached to an aromatic ring is 1. The Hall–Kier alpha value is -2.30. The molecule has 0 aliphatic heterocycles. The Morgan fingerprint density at radius 1 is 1.45 bits per heavy atom. The molecule has 1 unspecified atom stereocenters. The van der Waals surface area contributed by atoms with Crippen LogP contribution in [0.1, 0.15) is 6.92 Å². The van der Waals surface area contributed by atoms with Gasteiger partial charge in [-0.15, -0.1) is 0 Å². The maximum absolute atomic E-state index is 11.6. The molecule has 1 aromatic heterocycles. The molecule has 0 fully saturated rings. The molecule has 0 aliphatic carbocycles. The number of pyridine rings is 1. The van der Waals surface area contributed by atoms with Crippen molar-refractivity contribution in [1.82, 2.24) is 10.3 Å². The third-order valence-corrected chi connectivity index (χ3v) is 3.40. The third-order valence-electron chi connectivity index (χ3n) is 3.40. The molecule has 0 bridgehead atoms. The van der Waals surface area contributed by atoms with Crippen molar-refractivity contribution in [3.05, 3.63) is 30.5 Å². The van der Waals surface area contributed by atoms with Crippen LogP contribution in [0.25, 0.3) is 10.9 Å². The second-order valence-corrected chi connectivity index (χ2v) is 4.98. The van der Waals surface area contributed by atoms with Gasteiger partial charge >= 0.3 is 0 Å². The van der Waals surface area contributed by atoms with Crippen LogP contribution in [0.3, 0.4) is 0 Å². The second-order valence-electron chi connectivity index (χ2n) is 4.98. The lowest BCUT2D eigenvalue weighted by Crippen LogP contribution is -2.34. The molecule has 1 aromatic carbocycles. The first kappa shape index (κ1) is 14.1. The number of para-hydroxylation sites is 1. The number of amides is 1. The maximum Gasteiger partial charge on any atom is 0.224 e. The van der Waals surface area contributed by atoms with Crippen LogP contribution in [0.4, 0.5) is 11.4 Å². The highest BCUT2D eigenvalue weighted by atomic mass is 16.1. The smallest absolute Gasteiger partial charge is 0.224 e. The number of carbonyl (C=O) groups excluding carboxylic acids is 1. The fourth-order valence-electron chi connectivity index (χ4n) is 2.40. The first-order valence-corrected chi connectivity index (χ1v) is 6.60. The van der Waals surface area contributed by atoms with Crippen LogP contribution >= 0.6 is 0 Å². The monoisotopic (exact) mass is 272 g/mol. The summed E-state index contributed by atoms with van der Waals surface area (Å²) in [5.41, 5.74) is 8.51. The van der Waals surface area contributed by atoms with Gasteiger partial charge in [0, 0.05) is 26.0 Å². The molecule has 1 heterocycles. The highest BCUT2D eigenvalue weighted by Gasteiger charge is 2.17. The van der Waals surface area contributed by atoms with Crippen LogP contribution in [0.15, 0.2) is 30.5 Å². The fourth-order valence-corrected chi connectivity index (χ4v) is 2.40. The Balaban J connectivity index is 2.36. The Bertz CT molecular complexity index is 626. The summed E-state index contributed by atoms with van der Waals surface area (Å²) in [6.07, 6.45) is 1.67. The summed E-state index contributed by atoms with van der Waals surface area (Å²) < 4.78 is 0. The molecule has 20 heavy (non-hydrogen) atoms. The van der Waals surface area contributed by atoms with Gasteiger partial charge < -0.3 is 16.0 Å². The minimum absolute atomic E-state index is 0.0220. The molecule has 0 aliphatic rings. The van der Waals surface area contributed by atoms with Crippen molar-refractivity contribution in [2.24, 2.45) is 5.92 Å². The summed E-state index contributed by atoms with van der Waals surface area (Å²) in [6.45, 7) is 2.49. The normalized spacial score (nSPS) is 12.2. The number of hydrogen-bond donors (Lipinski definition) is 2. The number of nitrogens with one attached hydrogen (secondary N) is 1. The quantitative estimate of drug-likeness (QED) is 0.887. The Labute approximate surface area is 118 Å². The Morgan fingerprint density at radius 2 is 2.15 bits per heavy atom. The number of rotatable bonds is 4. The van der Waals surface area contributed by atoms with Gasteiger partial charge in [-0.05, 0) is 6.07 Å². The average molecular weight is 272 g/mol. The first-order valence-electron chi connectivity index (χ1n) is 6.60. The highest BCUT2D eigenvalue weighted by molar-refractivity contribution is 5.97. The summed E-state index contributed by atoms with van der Waals surface area (Å²) in [5.74, 6) is -0.0925. The Morgan fingerprint density at radius 3 is 2.85 bits per heavy atom. The number of carbonyl (C=O) groups is 1. The molecule has 0 spiro atoms. The van der Waals surface area contributed by atoms with E-state index in [2.05, 4.69) is 10.3 Å². The van der Waals surface area contributed by atoms with Crippen molar-refractivity contribution in [3.63, 3.8) is 0 Å². The van der Waals surface area contributed by atoms with Gasteiger partial charge in [0.25, 0.3) is 0 Å². The average Bonchev–Trinajstić information content (AvgIpc) is 2.45. The molecular weight excluding hydrogens is 252 g/mol. The molecule has 106 valence electrons. The second kappa shape index (κ2) is 5.77. The zero-order valence-electron chi connectivity index (χ0n) is 12.1. The number of hydrogen-bond acceptors (Lipinski definition) is 4. The van der Waals surface area contributed by atoms with Gasteiger partial charge in [0.1, 0.15) is 0 Å². The molecular formula is C15H20N4O. The molecule has 3 N–H and O–H groups in total.